The number of hydrogen-bond acceptors (Lipinski definition) is 2. The Balaban J connectivity index is 2.90. The van der Waals surface area contributed by atoms with E-state index in [9.17, 15) is 0 Å². The summed E-state index contributed by atoms with van der Waals surface area (Å²) < 4.78 is 1.90. The second kappa shape index (κ2) is 4.07. The van der Waals surface area contributed by atoms with Crippen LogP contribution in [0.4, 0.5) is 0 Å². The maximum absolute atomic E-state index is 7.21. The van der Waals surface area contributed by atoms with Crippen LogP contribution in [0.5, 0.6) is 0 Å². The van der Waals surface area contributed by atoms with Crippen molar-refractivity contribution in [2.75, 3.05) is 0 Å². The van der Waals surface area contributed by atoms with Gasteiger partial charge in [-0.15, -0.1) is 0 Å². The van der Waals surface area contributed by atoms with Crippen LogP contribution < -0.4 is 5.73 Å². The lowest BCUT2D eigenvalue weighted by atomic mass is 10.2. The maximum atomic E-state index is 7.21. The molecule has 1 heterocycles. The SMILES string of the molecule is CCc1cc(CC(=N)N)n(CC)n1. The van der Waals surface area contributed by atoms with E-state index in [0.717, 1.165) is 24.4 Å². The Kier molecular flexibility index (Phi) is 3.06. The molecule has 0 fully saturated rings. The van der Waals surface area contributed by atoms with Gasteiger partial charge in [0.05, 0.1) is 11.5 Å². The minimum Gasteiger partial charge on any atom is -0.387 e. The predicted octanol–water partition coefficient (Wildman–Crippen LogP) is 0.944. The molecule has 0 aliphatic carbocycles. The van der Waals surface area contributed by atoms with Gasteiger partial charge in [0.2, 0.25) is 0 Å². The fourth-order valence-corrected chi connectivity index (χ4v) is 1.30. The maximum Gasteiger partial charge on any atom is 0.0965 e. The quantitative estimate of drug-likeness (QED) is 0.535. The van der Waals surface area contributed by atoms with Crippen molar-refractivity contribution in [2.45, 2.75) is 33.2 Å². The highest BCUT2D eigenvalue weighted by atomic mass is 15.3. The van der Waals surface area contributed by atoms with Gasteiger partial charge >= 0.3 is 0 Å². The standard InChI is InChI=1S/C9H16N4/c1-3-7-5-8(6-9(10)11)13(4-2)12-7/h5H,3-4,6H2,1-2H3,(H3,10,11). The molecular weight excluding hydrogens is 164 g/mol. The summed E-state index contributed by atoms with van der Waals surface area (Å²) >= 11 is 0. The first kappa shape index (κ1) is 9.77. The molecule has 0 amide bonds. The first-order valence-corrected chi connectivity index (χ1v) is 4.55. The smallest absolute Gasteiger partial charge is 0.0965 e. The number of nitrogens with one attached hydrogen (secondary N) is 1. The van der Waals surface area contributed by atoms with Gasteiger partial charge in [-0.1, -0.05) is 6.92 Å². The van der Waals surface area contributed by atoms with Gasteiger partial charge < -0.3 is 5.73 Å². The summed E-state index contributed by atoms with van der Waals surface area (Å²) in [7, 11) is 0. The van der Waals surface area contributed by atoms with Crippen LogP contribution in [0.15, 0.2) is 6.07 Å². The van der Waals surface area contributed by atoms with E-state index in [2.05, 4.69) is 12.0 Å². The third-order valence-corrected chi connectivity index (χ3v) is 1.95. The van der Waals surface area contributed by atoms with E-state index in [1.54, 1.807) is 0 Å². The van der Waals surface area contributed by atoms with Crippen molar-refractivity contribution >= 4 is 5.84 Å². The average Bonchev–Trinajstić information content (AvgIpc) is 2.46. The molecule has 4 nitrogen and oxygen atoms in total. The third-order valence-electron chi connectivity index (χ3n) is 1.95. The van der Waals surface area contributed by atoms with Gasteiger partial charge in [-0.2, -0.15) is 5.10 Å². The summed E-state index contributed by atoms with van der Waals surface area (Å²) in [5.41, 5.74) is 7.44. The zero-order valence-corrected chi connectivity index (χ0v) is 8.17. The first-order chi connectivity index (χ1) is 6.17. The Labute approximate surface area is 78.3 Å². The number of rotatable bonds is 4. The predicted molar refractivity (Wildman–Crippen MR) is 52.9 cm³/mol. The van der Waals surface area contributed by atoms with Gasteiger partial charge in [0, 0.05) is 18.7 Å². The summed E-state index contributed by atoms with van der Waals surface area (Å²) in [5, 5.41) is 11.6. The second-order valence-electron chi connectivity index (χ2n) is 3.00. The second-order valence-corrected chi connectivity index (χ2v) is 3.00. The highest BCUT2D eigenvalue weighted by molar-refractivity contribution is 5.79. The monoisotopic (exact) mass is 180 g/mol. The Morgan fingerprint density at radius 2 is 2.31 bits per heavy atom. The minimum absolute atomic E-state index is 0.192. The van der Waals surface area contributed by atoms with E-state index in [1.165, 1.54) is 0 Å². The van der Waals surface area contributed by atoms with Gasteiger partial charge in [0.15, 0.2) is 0 Å². The van der Waals surface area contributed by atoms with Crippen molar-refractivity contribution in [3.63, 3.8) is 0 Å². The van der Waals surface area contributed by atoms with Crippen LogP contribution in [0.3, 0.4) is 0 Å². The molecule has 0 bridgehead atoms. The zero-order chi connectivity index (χ0) is 9.84. The van der Waals surface area contributed by atoms with Crippen molar-refractivity contribution in [3.05, 3.63) is 17.5 Å². The largest absolute Gasteiger partial charge is 0.387 e. The Morgan fingerprint density at radius 1 is 1.62 bits per heavy atom. The van der Waals surface area contributed by atoms with E-state index in [4.69, 9.17) is 11.1 Å². The van der Waals surface area contributed by atoms with Crippen LogP contribution in [0, 0.1) is 5.41 Å². The lowest BCUT2D eigenvalue weighted by Crippen LogP contribution is -2.15. The van der Waals surface area contributed by atoms with Gasteiger partial charge in [0.1, 0.15) is 0 Å². The van der Waals surface area contributed by atoms with Crippen molar-refractivity contribution in [1.82, 2.24) is 9.78 Å². The number of nitrogens with two attached hydrogens (primary N) is 1. The lowest BCUT2D eigenvalue weighted by molar-refractivity contribution is 0.625. The number of aromatic nitrogens is 2. The molecule has 0 saturated heterocycles. The van der Waals surface area contributed by atoms with E-state index in [1.807, 2.05) is 17.7 Å². The highest BCUT2D eigenvalue weighted by Crippen LogP contribution is 2.05. The van der Waals surface area contributed by atoms with Crippen LogP contribution in [-0.4, -0.2) is 15.6 Å². The topological polar surface area (TPSA) is 67.7 Å². The molecule has 3 N–H and O–H groups in total. The summed E-state index contributed by atoms with van der Waals surface area (Å²) in [4.78, 5) is 0. The van der Waals surface area contributed by atoms with Gasteiger partial charge in [-0.25, -0.2) is 0 Å². The van der Waals surface area contributed by atoms with Crippen LogP contribution >= 0.6 is 0 Å². The summed E-state index contributed by atoms with van der Waals surface area (Å²) in [5.74, 6) is 0.192. The van der Waals surface area contributed by atoms with Crippen LogP contribution in [0.1, 0.15) is 25.2 Å². The molecule has 72 valence electrons. The molecule has 1 rings (SSSR count). The van der Waals surface area contributed by atoms with E-state index in [-0.39, 0.29) is 5.84 Å². The zero-order valence-electron chi connectivity index (χ0n) is 8.17. The van der Waals surface area contributed by atoms with Gasteiger partial charge in [-0.05, 0) is 19.4 Å². The normalized spacial score (nSPS) is 10.3. The molecule has 0 aromatic carbocycles. The third kappa shape index (κ3) is 2.31. The molecule has 0 unspecified atom stereocenters. The first-order valence-electron chi connectivity index (χ1n) is 4.55. The van der Waals surface area contributed by atoms with Gasteiger partial charge in [0.25, 0.3) is 0 Å². The molecule has 0 aliphatic heterocycles. The van der Waals surface area contributed by atoms with E-state index in [0.29, 0.717) is 6.42 Å². The molecule has 0 radical (unpaired) electrons. The lowest BCUT2D eigenvalue weighted by Gasteiger charge is -2.01. The number of aryl methyl sites for hydroxylation is 2. The number of nitrogens with zero attached hydrogens (tertiary/aromatic N) is 2. The fourth-order valence-electron chi connectivity index (χ4n) is 1.30. The molecule has 1 aromatic rings. The molecule has 0 aliphatic rings. The Hall–Kier alpha value is -1.32. The van der Waals surface area contributed by atoms with E-state index >= 15 is 0 Å². The molecular formula is C9H16N4. The van der Waals surface area contributed by atoms with Crippen LogP contribution in [0.2, 0.25) is 0 Å². The molecule has 13 heavy (non-hydrogen) atoms. The summed E-state index contributed by atoms with van der Waals surface area (Å²) in [6.07, 6.45) is 1.43. The Morgan fingerprint density at radius 3 is 2.77 bits per heavy atom. The highest BCUT2D eigenvalue weighted by Gasteiger charge is 2.05. The summed E-state index contributed by atoms with van der Waals surface area (Å²) in [6, 6.07) is 2.02. The average molecular weight is 180 g/mol. The minimum atomic E-state index is 0.192. The van der Waals surface area contributed by atoms with Crippen LogP contribution in [-0.2, 0) is 19.4 Å². The van der Waals surface area contributed by atoms with Crippen molar-refractivity contribution < 1.29 is 0 Å². The molecule has 4 heteroatoms. The molecule has 0 atom stereocenters. The molecule has 0 saturated carbocycles. The number of amidine groups is 1. The van der Waals surface area contributed by atoms with Crippen LogP contribution in [0.25, 0.3) is 0 Å². The van der Waals surface area contributed by atoms with Crippen molar-refractivity contribution in [1.29, 1.82) is 5.41 Å². The summed E-state index contributed by atoms with van der Waals surface area (Å²) in [6.45, 7) is 4.94. The Bertz CT molecular complexity index is 301. The van der Waals surface area contributed by atoms with E-state index < -0.39 is 0 Å². The fraction of sp³-hybridized carbons (Fsp3) is 0.556. The molecule has 1 aromatic heterocycles. The van der Waals surface area contributed by atoms with Crippen molar-refractivity contribution in [2.24, 2.45) is 5.73 Å². The van der Waals surface area contributed by atoms with Gasteiger partial charge in [-0.3, -0.25) is 10.1 Å². The molecule has 0 spiro atoms. The van der Waals surface area contributed by atoms with Crippen molar-refractivity contribution in [3.8, 4) is 0 Å². The number of hydrogen-bond donors (Lipinski definition) is 2.